The van der Waals surface area contributed by atoms with E-state index >= 15 is 0 Å². The summed E-state index contributed by atoms with van der Waals surface area (Å²) in [6.45, 7) is 1.11. The summed E-state index contributed by atoms with van der Waals surface area (Å²) in [5, 5.41) is 13.8. The van der Waals surface area contributed by atoms with Crippen LogP contribution in [0.5, 0.6) is 0 Å². The van der Waals surface area contributed by atoms with Crippen molar-refractivity contribution in [3.8, 4) is 0 Å². The molecule has 0 spiro atoms. The Morgan fingerprint density at radius 3 is 2.75 bits per heavy atom. The summed E-state index contributed by atoms with van der Waals surface area (Å²) in [7, 11) is 0. The number of aliphatic carboxylic acids is 1. The standard InChI is InChI=1S/C19H23N3O2/c23-19(24)12-22(11-13-5-6-13)16-9-15(10-16)20-18-8-7-14-3-1-2-4-17(14)21-18/h1-4,7-8,13,15-16H,5-6,9-12H2,(H,20,21)(H,23,24). The Morgan fingerprint density at radius 2 is 2.00 bits per heavy atom. The van der Waals surface area contributed by atoms with Crippen LogP contribution in [0.25, 0.3) is 10.9 Å². The number of carbonyl (C=O) groups is 1. The number of fused-ring (bicyclic) bond motifs is 1. The Morgan fingerprint density at radius 1 is 1.21 bits per heavy atom. The van der Waals surface area contributed by atoms with E-state index in [-0.39, 0.29) is 6.54 Å². The first kappa shape index (κ1) is 15.4. The van der Waals surface area contributed by atoms with E-state index in [0.717, 1.165) is 42.0 Å². The average Bonchev–Trinajstić information content (AvgIpc) is 3.33. The van der Waals surface area contributed by atoms with Crippen molar-refractivity contribution in [1.82, 2.24) is 9.88 Å². The first-order valence-corrected chi connectivity index (χ1v) is 8.75. The molecule has 24 heavy (non-hydrogen) atoms. The van der Waals surface area contributed by atoms with Gasteiger partial charge in [-0.2, -0.15) is 0 Å². The van der Waals surface area contributed by atoms with Gasteiger partial charge in [0, 0.05) is 24.0 Å². The van der Waals surface area contributed by atoms with Gasteiger partial charge in [0.1, 0.15) is 5.82 Å². The minimum Gasteiger partial charge on any atom is -0.480 e. The number of hydrogen-bond donors (Lipinski definition) is 2. The molecule has 0 aliphatic heterocycles. The maximum atomic E-state index is 11.1. The second-order valence-electron chi connectivity index (χ2n) is 7.12. The van der Waals surface area contributed by atoms with E-state index in [0.29, 0.717) is 12.1 Å². The molecule has 0 unspecified atom stereocenters. The lowest BCUT2D eigenvalue weighted by Gasteiger charge is -2.43. The number of anilines is 1. The number of hydrogen-bond acceptors (Lipinski definition) is 4. The molecule has 1 heterocycles. The van der Waals surface area contributed by atoms with Gasteiger partial charge < -0.3 is 10.4 Å². The molecule has 2 aromatic rings. The Labute approximate surface area is 141 Å². The van der Waals surface area contributed by atoms with E-state index in [1.54, 1.807) is 0 Å². The molecule has 2 saturated carbocycles. The van der Waals surface area contributed by atoms with Gasteiger partial charge in [-0.1, -0.05) is 18.2 Å². The number of carboxylic acid groups (broad SMARTS) is 1. The largest absolute Gasteiger partial charge is 0.480 e. The summed E-state index contributed by atoms with van der Waals surface area (Å²) in [5.74, 6) is 0.908. The van der Waals surface area contributed by atoms with Gasteiger partial charge in [-0.3, -0.25) is 9.69 Å². The van der Waals surface area contributed by atoms with Crippen LogP contribution in [0.15, 0.2) is 36.4 Å². The van der Waals surface area contributed by atoms with Crippen LogP contribution in [0, 0.1) is 5.92 Å². The summed E-state index contributed by atoms with van der Waals surface area (Å²) in [4.78, 5) is 17.9. The molecule has 0 atom stereocenters. The van der Waals surface area contributed by atoms with E-state index in [1.165, 1.54) is 12.8 Å². The van der Waals surface area contributed by atoms with E-state index in [9.17, 15) is 4.79 Å². The van der Waals surface area contributed by atoms with Crippen LogP contribution < -0.4 is 5.32 Å². The highest BCUT2D eigenvalue weighted by atomic mass is 16.4. The predicted molar refractivity (Wildman–Crippen MR) is 94.1 cm³/mol. The van der Waals surface area contributed by atoms with Crippen LogP contribution in [-0.2, 0) is 4.79 Å². The van der Waals surface area contributed by atoms with Crippen LogP contribution in [0.2, 0.25) is 0 Å². The Bertz CT molecular complexity index is 738. The van der Waals surface area contributed by atoms with E-state index in [1.807, 2.05) is 24.3 Å². The summed E-state index contributed by atoms with van der Waals surface area (Å²) in [6.07, 6.45) is 4.50. The third kappa shape index (κ3) is 3.51. The molecule has 2 aliphatic carbocycles. The number of nitrogens with zero attached hydrogens (tertiary/aromatic N) is 2. The van der Waals surface area contributed by atoms with Crippen molar-refractivity contribution < 1.29 is 9.90 Å². The highest BCUT2D eigenvalue weighted by Gasteiger charge is 2.37. The number of benzene rings is 1. The summed E-state index contributed by atoms with van der Waals surface area (Å²) in [6, 6.07) is 13.0. The molecule has 2 aliphatic rings. The lowest BCUT2D eigenvalue weighted by Crippen LogP contribution is -2.52. The number of carboxylic acids is 1. The van der Waals surface area contributed by atoms with Crippen molar-refractivity contribution in [2.24, 2.45) is 5.92 Å². The SMILES string of the molecule is O=C(O)CN(CC1CC1)C1CC(Nc2ccc3ccccc3n2)C1. The van der Waals surface area contributed by atoms with Gasteiger partial charge in [-0.25, -0.2) is 4.98 Å². The first-order chi connectivity index (χ1) is 11.7. The minimum absolute atomic E-state index is 0.169. The van der Waals surface area contributed by atoms with Gasteiger partial charge in [-0.05, 0) is 49.8 Å². The highest BCUT2D eigenvalue weighted by molar-refractivity contribution is 5.80. The fourth-order valence-corrected chi connectivity index (χ4v) is 3.51. The fourth-order valence-electron chi connectivity index (χ4n) is 3.51. The summed E-state index contributed by atoms with van der Waals surface area (Å²) in [5.41, 5.74) is 1.000. The zero-order valence-electron chi connectivity index (χ0n) is 13.7. The van der Waals surface area contributed by atoms with Crippen molar-refractivity contribution in [2.45, 2.75) is 37.8 Å². The van der Waals surface area contributed by atoms with Crippen LogP contribution >= 0.6 is 0 Å². The minimum atomic E-state index is -0.719. The molecule has 5 nitrogen and oxygen atoms in total. The average molecular weight is 325 g/mol. The van der Waals surface area contributed by atoms with Gasteiger partial charge >= 0.3 is 5.97 Å². The molecule has 1 aromatic carbocycles. The predicted octanol–water partition coefficient (Wildman–Crippen LogP) is 2.97. The topological polar surface area (TPSA) is 65.5 Å². The highest BCUT2D eigenvalue weighted by Crippen LogP contribution is 2.34. The monoisotopic (exact) mass is 325 g/mol. The van der Waals surface area contributed by atoms with Gasteiger partial charge in [0.05, 0.1) is 12.1 Å². The quantitative estimate of drug-likeness (QED) is 0.819. The van der Waals surface area contributed by atoms with E-state index in [4.69, 9.17) is 5.11 Å². The van der Waals surface area contributed by atoms with Gasteiger partial charge in [-0.15, -0.1) is 0 Å². The second-order valence-corrected chi connectivity index (χ2v) is 7.12. The maximum absolute atomic E-state index is 11.1. The molecule has 126 valence electrons. The third-order valence-electron chi connectivity index (χ3n) is 5.11. The van der Waals surface area contributed by atoms with Crippen molar-refractivity contribution in [3.63, 3.8) is 0 Å². The van der Waals surface area contributed by atoms with E-state index in [2.05, 4.69) is 27.3 Å². The zero-order chi connectivity index (χ0) is 16.5. The number of nitrogens with one attached hydrogen (secondary N) is 1. The van der Waals surface area contributed by atoms with Crippen molar-refractivity contribution >= 4 is 22.7 Å². The van der Waals surface area contributed by atoms with Crippen molar-refractivity contribution in [2.75, 3.05) is 18.4 Å². The molecular weight excluding hydrogens is 302 g/mol. The smallest absolute Gasteiger partial charge is 0.317 e. The molecule has 0 radical (unpaired) electrons. The van der Waals surface area contributed by atoms with Crippen molar-refractivity contribution in [1.29, 1.82) is 0 Å². The molecular formula is C19H23N3O2. The Hall–Kier alpha value is -2.14. The maximum Gasteiger partial charge on any atom is 0.317 e. The summed E-state index contributed by atoms with van der Waals surface area (Å²) >= 11 is 0. The second kappa shape index (κ2) is 6.40. The lowest BCUT2D eigenvalue weighted by atomic mass is 9.85. The molecule has 0 amide bonds. The summed E-state index contributed by atoms with van der Waals surface area (Å²) < 4.78 is 0. The Kier molecular flexibility index (Phi) is 4.10. The van der Waals surface area contributed by atoms with Crippen LogP contribution in [0.3, 0.4) is 0 Å². The van der Waals surface area contributed by atoms with Crippen LogP contribution in [0.1, 0.15) is 25.7 Å². The van der Waals surface area contributed by atoms with Crippen LogP contribution in [-0.4, -0.2) is 46.1 Å². The Balaban J connectivity index is 1.34. The molecule has 4 rings (SSSR count). The van der Waals surface area contributed by atoms with Gasteiger partial charge in [0.2, 0.25) is 0 Å². The molecule has 2 fully saturated rings. The molecule has 0 bridgehead atoms. The number of aromatic nitrogens is 1. The number of para-hydroxylation sites is 1. The van der Waals surface area contributed by atoms with Gasteiger partial charge in [0.15, 0.2) is 0 Å². The normalized spacial score (nSPS) is 23.2. The van der Waals surface area contributed by atoms with Gasteiger partial charge in [0.25, 0.3) is 0 Å². The van der Waals surface area contributed by atoms with E-state index < -0.39 is 5.97 Å². The molecule has 2 N–H and O–H groups in total. The first-order valence-electron chi connectivity index (χ1n) is 8.75. The van der Waals surface area contributed by atoms with Crippen LogP contribution in [0.4, 0.5) is 5.82 Å². The number of rotatable bonds is 7. The number of pyridine rings is 1. The zero-order valence-corrected chi connectivity index (χ0v) is 13.7. The lowest BCUT2D eigenvalue weighted by molar-refractivity contribution is -0.139. The fraction of sp³-hybridized carbons (Fsp3) is 0.474. The molecule has 0 saturated heterocycles. The molecule has 5 heteroatoms. The third-order valence-corrected chi connectivity index (χ3v) is 5.11. The van der Waals surface area contributed by atoms with Crippen molar-refractivity contribution in [3.05, 3.63) is 36.4 Å². The molecule has 1 aromatic heterocycles.